The van der Waals surface area contributed by atoms with Crippen molar-refractivity contribution in [1.82, 2.24) is 24.5 Å². The first-order valence-corrected chi connectivity index (χ1v) is 9.65. The third-order valence-corrected chi connectivity index (χ3v) is 4.82. The predicted molar refractivity (Wildman–Crippen MR) is 109 cm³/mol. The van der Waals surface area contributed by atoms with Gasteiger partial charge in [0.1, 0.15) is 17.3 Å². The molecule has 1 N–H and O–H groups in total. The highest BCUT2D eigenvalue weighted by molar-refractivity contribution is 5.60. The lowest BCUT2D eigenvalue weighted by molar-refractivity contribution is 0.122. The molecule has 0 amide bonds. The third-order valence-electron chi connectivity index (χ3n) is 4.82. The highest BCUT2D eigenvalue weighted by Crippen LogP contribution is 2.26. The minimum atomic E-state index is -0.488. The number of rotatable bonds is 5. The van der Waals surface area contributed by atoms with Gasteiger partial charge in [-0.25, -0.2) is 24.3 Å². The van der Waals surface area contributed by atoms with E-state index in [0.717, 1.165) is 30.4 Å². The topological polar surface area (TPSA) is 81.0 Å². The second-order valence-electron chi connectivity index (χ2n) is 7.17. The summed E-state index contributed by atoms with van der Waals surface area (Å²) < 4.78 is 21.8. The van der Waals surface area contributed by atoms with Crippen molar-refractivity contribution in [3.63, 3.8) is 0 Å². The van der Waals surface area contributed by atoms with Crippen LogP contribution in [0, 0.1) is 12.7 Å². The van der Waals surface area contributed by atoms with Crippen LogP contribution in [0.2, 0.25) is 0 Å². The van der Waals surface area contributed by atoms with Crippen LogP contribution < -0.4 is 10.2 Å². The summed E-state index contributed by atoms with van der Waals surface area (Å²) in [5.74, 6) is 1.52. The monoisotopic (exact) mass is 397 g/mol. The lowest BCUT2D eigenvalue weighted by atomic mass is 10.2. The highest BCUT2D eigenvalue weighted by atomic mass is 19.1. The zero-order chi connectivity index (χ0) is 20.4. The molecule has 0 saturated carbocycles. The van der Waals surface area contributed by atoms with E-state index in [1.807, 2.05) is 37.5 Å². The maximum absolute atomic E-state index is 14.5. The first-order chi connectivity index (χ1) is 14.0. The van der Waals surface area contributed by atoms with Gasteiger partial charge in [-0.2, -0.15) is 0 Å². The molecule has 3 aromatic rings. The maximum atomic E-state index is 14.5. The van der Waals surface area contributed by atoms with Gasteiger partial charge in [0.15, 0.2) is 5.82 Å². The molecule has 0 atom stereocenters. The lowest BCUT2D eigenvalue weighted by Gasteiger charge is -2.27. The zero-order valence-corrected chi connectivity index (χ0v) is 16.8. The van der Waals surface area contributed by atoms with Crippen LogP contribution in [0.25, 0.3) is 11.4 Å². The summed E-state index contributed by atoms with van der Waals surface area (Å²) in [5, 5.41) is 3.10. The molecule has 0 spiro atoms. The number of pyridine rings is 1. The van der Waals surface area contributed by atoms with E-state index >= 15 is 0 Å². The molecule has 0 bridgehead atoms. The number of ether oxygens (including phenoxy) is 1. The molecule has 0 aliphatic carbocycles. The standard InChI is InChI=1S/C20H24FN7O/c1-13(2)28-14(3)22-12-17(28)19-16(21)11-24-20(26-19)25-15-4-5-18(23-10-15)27-6-8-29-9-7-27/h4-5,10-13H,6-9H2,1-3H3,(H,24,25,26). The summed E-state index contributed by atoms with van der Waals surface area (Å²) in [5.41, 5.74) is 1.57. The smallest absolute Gasteiger partial charge is 0.228 e. The minimum Gasteiger partial charge on any atom is -0.378 e. The molecule has 152 valence electrons. The highest BCUT2D eigenvalue weighted by Gasteiger charge is 2.18. The van der Waals surface area contributed by atoms with Crippen LogP contribution in [0.15, 0.2) is 30.7 Å². The van der Waals surface area contributed by atoms with Crippen LogP contribution in [0.4, 0.5) is 21.8 Å². The number of nitrogens with zero attached hydrogens (tertiary/aromatic N) is 6. The van der Waals surface area contributed by atoms with Crippen LogP contribution >= 0.6 is 0 Å². The Morgan fingerprint density at radius 2 is 1.86 bits per heavy atom. The van der Waals surface area contributed by atoms with E-state index in [9.17, 15) is 4.39 Å². The van der Waals surface area contributed by atoms with Crippen LogP contribution in [-0.2, 0) is 4.74 Å². The Labute approximate surface area is 168 Å². The van der Waals surface area contributed by atoms with Crippen molar-refractivity contribution in [2.24, 2.45) is 0 Å². The summed E-state index contributed by atoms with van der Waals surface area (Å²) in [6, 6.07) is 3.98. The molecule has 1 aliphatic rings. The van der Waals surface area contributed by atoms with Crippen molar-refractivity contribution in [2.75, 3.05) is 36.5 Å². The zero-order valence-electron chi connectivity index (χ0n) is 16.8. The molecule has 0 unspecified atom stereocenters. The first kappa shape index (κ1) is 19.3. The van der Waals surface area contributed by atoms with Gasteiger partial charge in [0.2, 0.25) is 5.95 Å². The summed E-state index contributed by atoms with van der Waals surface area (Å²) >= 11 is 0. The van der Waals surface area contributed by atoms with E-state index < -0.39 is 5.82 Å². The molecule has 9 heteroatoms. The van der Waals surface area contributed by atoms with E-state index in [2.05, 4.69) is 30.2 Å². The molecule has 29 heavy (non-hydrogen) atoms. The second kappa shape index (κ2) is 8.12. The van der Waals surface area contributed by atoms with Crippen LogP contribution in [0.3, 0.4) is 0 Å². The van der Waals surface area contributed by atoms with E-state index in [4.69, 9.17) is 4.74 Å². The Balaban J connectivity index is 1.57. The number of imidazole rings is 1. The Morgan fingerprint density at radius 1 is 1.07 bits per heavy atom. The number of aromatic nitrogens is 5. The normalized spacial score (nSPS) is 14.4. The number of morpholine rings is 1. The van der Waals surface area contributed by atoms with Crippen molar-refractivity contribution in [3.05, 3.63) is 42.4 Å². The first-order valence-electron chi connectivity index (χ1n) is 9.65. The fourth-order valence-corrected chi connectivity index (χ4v) is 3.46. The Bertz CT molecular complexity index is 981. The van der Waals surface area contributed by atoms with Gasteiger partial charge < -0.3 is 19.5 Å². The maximum Gasteiger partial charge on any atom is 0.228 e. The third kappa shape index (κ3) is 4.04. The fraction of sp³-hybridized carbons (Fsp3) is 0.400. The Kier molecular flexibility index (Phi) is 5.39. The van der Waals surface area contributed by atoms with E-state index in [-0.39, 0.29) is 11.7 Å². The molecule has 8 nitrogen and oxygen atoms in total. The van der Waals surface area contributed by atoms with E-state index in [0.29, 0.717) is 24.9 Å². The molecule has 4 rings (SSSR count). The van der Waals surface area contributed by atoms with Crippen molar-refractivity contribution in [1.29, 1.82) is 0 Å². The summed E-state index contributed by atoms with van der Waals surface area (Å²) in [6.07, 6.45) is 4.54. The SMILES string of the molecule is Cc1ncc(-c2nc(Nc3ccc(N4CCOCC4)nc3)ncc2F)n1C(C)C. The molecule has 0 radical (unpaired) electrons. The molecule has 4 heterocycles. The minimum absolute atomic E-state index is 0.134. The van der Waals surface area contributed by atoms with Gasteiger partial charge in [-0.15, -0.1) is 0 Å². The number of hydrogen-bond acceptors (Lipinski definition) is 7. The largest absolute Gasteiger partial charge is 0.378 e. The summed E-state index contributed by atoms with van der Waals surface area (Å²) in [6.45, 7) is 9.01. The van der Waals surface area contributed by atoms with Gasteiger partial charge in [-0.3, -0.25) is 0 Å². The van der Waals surface area contributed by atoms with Gasteiger partial charge in [0.05, 0.1) is 43.2 Å². The number of hydrogen-bond donors (Lipinski definition) is 1. The van der Waals surface area contributed by atoms with Gasteiger partial charge in [0, 0.05) is 19.1 Å². The van der Waals surface area contributed by atoms with E-state index in [1.165, 1.54) is 6.20 Å². The molecule has 1 fully saturated rings. The van der Waals surface area contributed by atoms with Crippen LogP contribution in [-0.4, -0.2) is 50.8 Å². The fourth-order valence-electron chi connectivity index (χ4n) is 3.46. The molecular formula is C20H24FN7O. The van der Waals surface area contributed by atoms with Crippen molar-refractivity contribution in [3.8, 4) is 11.4 Å². The van der Waals surface area contributed by atoms with Gasteiger partial charge in [-0.05, 0) is 32.9 Å². The Hall–Kier alpha value is -3.07. The quantitative estimate of drug-likeness (QED) is 0.707. The summed E-state index contributed by atoms with van der Waals surface area (Å²) in [4.78, 5) is 19.5. The second-order valence-corrected chi connectivity index (χ2v) is 7.17. The summed E-state index contributed by atoms with van der Waals surface area (Å²) in [7, 11) is 0. The van der Waals surface area contributed by atoms with Crippen LogP contribution in [0.5, 0.6) is 0 Å². The van der Waals surface area contributed by atoms with E-state index in [1.54, 1.807) is 12.4 Å². The molecule has 3 aromatic heterocycles. The molecule has 0 aromatic carbocycles. The average molecular weight is 397 g/mol. The van der Waals surface area contributed by atoms with Gasteiger partial charge in [-0.1, -0.05) is 0 Å². The molecule has 1 aliphatic heterocycles. The van der Waals surface area contributed by atoms with Gasteiger partial charge >= 0.3 is 0 Å². The molecule has 1 saturated heterocycles. The number of nitrogens with one attached hydrogen (secondary N) is 1. The van der Waals surface area contributed by atoms with Crippen LogP contribution in [0.1, 0.15) is 25.7 Å². The number of halogens is 1. The number of aryl methyl sites for hydroxylation is 1. The van der Waals surface area contributed by atoms with Crippen molar-refractivity contribution in [2.45, 2.75) is 26.8 Å². The van der Waals surface area contributed by atoms with Crippen molar-refractivity contribution < 1.29 is 9.13 Å². The average Bonchev–Trinajstić information content (AvgIpc) is 3.12. The Morgan fingerprint density at radius 3 is 2.55 bits per heavy atom. The van der Waals surface area contributed by atoms with Gasteiger partial charge in [0.25, 0.3) is 0 Å². The van der Waals surface area contributed by atoms with Crippen molar-refractivity contribution >= 4 is 17.5 Å². The lowest BCUT2D eigenvalue weighted by Crippen LogP contribution is -2.36. The number of anilines is 3. The molecular weight excluding hydrogens is 373 g/mol. The predicted octanol–water partition coefficient (Wildman–Crippen LogP) is 3.34.